The summed E-state index contributed by atoms with van der Waals surface area (Å²) in [5, 5.41) is 12.5. The van der Waals surface area contributed by atoms with Crippen molar-refractivity contribution in [3.8, 4) is 0 Å². The molecule has 2 nitrogen and oxygen atoms in total. The molecule has 1 aliphatic rings. The van der Waals surface area contributed by atoms with Gasteiger partial charge >= 0.3 is 0 Å². The minimum Gasteiger partial charge on any atom is -0.407 e. The monoisotopic (exact) mass is 410 g/mol. The minimum atomic E-state index is -1.79. The summed E-state index contributed by atoms with van der Waals surface area (Å²) in [7, 11) is -1.79. The third-order valence-corrected chi connectivity index (χ3v) is 9.23. The zero-order chi connectivity index (χ0) is 20.7. The molecule has 1 atom stereocenters. The van der Waals surface area contributed by atoms with Crippen LogP contribution in [0.4, 0.5) is 0 Å². The summed E-state index contributed by atoms with van der Waals surface area (Å²) in [4.78, 5) is 0. The van der Waals surface area contributed by atoms with Crippen molar-refractivity contribution in [3.05, 3.63) is 60.7 Å². The molecule has 1 N–H and O–H groups in total. The SMILES string of the molecule is CC(C)(C)C(CC1(CCO)CCCCC1)O[SiH](c1ccccc1)c1ccccc1. The number of aliphatic hydroxyl groups excluding tert-OH is 1. The Morgan fingerprint density at radius 1 is 0.897 bits per heavy atom. The van der Waals surface area contributed by atoms with E-state index in [1.165, 1.54) is 42.5 Å². The fourth-order valence-electron chi connectivity index (χ4n) is 4.82. The van der Waals surface area contributed by atoms with Gasteiger partial charge in [0.05, 0.1) is 6.10 Å². The molecule has 0 spiro atoms. The summed E-state index contributed by atoms with van der Waals surface area (Å²) in [5.41, 5.74) is 0.298. The molecule has 3 heteroatoms. The van der Waals surface area contributed by atoms with Gasteiger partial charge in [0.2, 0.25) is 9.04 Å². The Morgan fingerprint density at radius 2 is 1.41 bits per heavy atom. The molecule has 0 saturated heterocycles. The van der Waals surface area contributed by atoms with Gasteiger partial charge in [-0.25, -0.2) is 0 Å². The van der Waals surface area contributed by atoms with E-state index < -0.39 is 9.04 Å². The Morgan fingerprint density at radius 3 is 1.86 bits per heavy atom. The fourth-order valence-corrected chi connectivity index (χ4v) is 7.49. The highest BCUT2D eigenvalue weighted by Crippen LogP contribution is 2.46. The van der Waals surface area contributed by atoms with Crippen LogP contribution in [0.15, 0.2) is 60.7 Å². The Kier molecular flexibility index (Phi) is 7.72. The maximum absolute atomic E-state index is 9.81. The molecule has 0 radical (unpaired) electrons. The van der Waals surface area contributed by atoms with Crippen LogP contribution in [0.2, 0.25) is 0 Å². The van der Waals surface area contributed by atoms with Gasteiger partial charge in [-0.2, -0.15) is 0 Å². The van der Waals surface area contributed by atoms with Gasteiger partial charge in [0.25, 0.3) is 0 Å². The van der Waals surface area contributed by atoms with Crippen LogP contribution < -0.4 is 10.4 Å². The zero-order valence-corrected chi connectivity index (χ0v) is 19.6. The van der Waals surface area contributed by atoms with Crippen LogP contribution in [0.25, 0.3) is 0 Å². The molecule has 29 heavy (non-hydrogen) atoms. The van der Waals surface area contributed by atoms with Gasteiger partial charge in [-0.3, -0.25) is 0 Å². The molecule has 0 aromatic heterocycles. The van der Waals surface area contributed by atoms with Crippen LogP contribution in [0.1, 0.15) is 65.7 Å². The molecule has 1 saturated carbocycles. The summed E-state index contributed by atoms with van der Waals surface area (Å²) >= 11 is 0. The zero-order valence-electron chi connectivity index (χ0n) is 18.4. The number of hydrogen-bond acceptors (Lipinski definition) is 2. The van der Waals surface area contributed by atoms with Crippen molar-refractivity contribution in [1.29, 1.82) is 0 Å². The number of aliphatic hydroxyl groups is 1. The fraction of sp³-hybridized carbons (Fsp3) is 0.538. The van der Waals surface area contributed by atoms with Crippen molar-refractivity contribution in [2.75, 3.05) is 6.61 Å². The Bertz CT molecular complexity index is 672. The van der Waals surface area contributed by atoms with Crippen molar-refractivity contribution >= 4 is 19.4 Å². The van der Waals surface area contributed by atoms with Crippen molar-refractivity contribution in [3.63, 3.8) is 0 Å². The van der Waals surface area contributed by atoms with Crippen molar-refractivity contribution in [2.45, 2.75) is 71.8 Å². The number of rotatable bonds is 8. The van der Waals surface area contributed by atoms with Crippen molar-refractivity contribution in [2.24, 2.45) is 10.8 Å². The van der Waals surface area contributed by atoms with E-state index in [4.69, 9.17) is 4.43 Å². The predicted molar refractivity (Wildman–Crippen MR) is 125 cm³/mol. The third-order valence-electron chi connectivity index (χ3n) is 6.65. The van der Waals surface area contributed by atoms with Gasteiger partial charge in [0.15, 0.2) is 0 Å². The summed E-state index contributed by atoms with van der Waals surface area (Å²) in [6, 6.07) is 21.6. The van der Waals surface area contributed by atoms with Gasteiger partial charge in [0, 0.05) is 6.61 Å². The molecule has 158 valence electrons. The first-order valence-electron chi connectivity index (χ1n) is 11.3. The number of hydrogen-bond donors (Lipinski definition) is 1. The average molecular weight is 411 g/mol. The molecular weight excluding hydrogens is 372 g/mol. The van der Waals surface area contributed by atoms with E-state index in [0.717, 1.165) is 12.8 Å². The van der Waals surface area contributed by atoms with Crippen LogP contribution in [0.3, 0.4) is 0 Å². The molecule has 0 bridgehead atoms. The summed E-state index contributed by atoms with van der Waals surface area (Å²) in [6.07, 6.45) is 8.51. The Labute approximate surface area is 179 Å². The molecular formula is C26H38O2Si. The Balaban J connectivity index is 1.90. The van der Waals surface area contributed by atoms with Crippen LogP contribution in [-0.4, -0.2) is 26.9 Å². The highest BCUT2D eigenvalue weighted by atomic mass is 28.3. The first-order chi connectivity index (χ1) is 13.9. The van der Waals surface area contributed by atoms with Crippen molar-refractivity contribution < 1.29 is 9.53 Å². The van der Waals surface area contributed by atoms with E-state index in [-0.39, 0.29) is 23.5 Å². The van der Waals surface area contributed by atoms with Crippen molar-refractivity contribution in [1.82, 2.24) is 0 Å². The van der Waals surface area contributed by atoms with E-state index in [9.17, 15) is 5.11 Å². The molecule has 1 fully saturated rings. The molecule has 1 aliphatic carbocycles. The smallest absolute Gasteiger partial charge is 0.240 e. The summed E-state index contributed by atoms with van der Waals surface area (Å²) in [5.74, 6) is 0. The maximum Gasteiger partial charge on any atom is 0.240 e. The molecule has 0 amide bonds. The first-order valence-corrected chi connectivity index (χ1v) is 12.9. The van der Waals surface area contributed by atoms with Crippen LogP contribution in [0, 0.1) is 10.8 Å². The lowest BCUT2D eigenvalue weighted by Crippen LogP contribution is -2.51. The highest BCUT2D eigenvalue weighted by Gasteiger charge is 2.39. The first kappa shape index (κ1) is 22.3. The lowest BCUT2D eigenvalue weighted by Gasteiger charge is -2.44. The van der Waals surface area contributed by atoms with Crippen LogP contribution in [0.5, 0.6) is 0 Å². The van der Waals surface area contributed by atoms with Crippen LogP contribution in [-0.2, 0) is 4.43 Å². The minimum absolute atomic E-state index is 0.0642. The van der Waals surface area contributed by atoms with E-state index in [2.05, 4.69) is 81.4 Å². The lowest BCUT2D eigenvalue weighted by molar-refractivity contribution is 0.00926. The largest absolute Gasteiger partial charge is 0.407 e. The van der Waals surface area contributed by atoms with Gasteiger partial charge in [0.1, 0.15) is 0 Å². The molecule has 1 unspecified atom stereocenters. The van der Waals surface area contributed by atoms with E-state index >= 15 is 0 Å². The topological polar surface area (TPSA) is 29.5 Å². The normalized spacial score (nSPS) is 18.0. The van der Waals surface area contributed by atoms with E-state index in [1.807, 2.05) is 0 Å². The second kappa shape index (κ2) is 10.1. The second-order valence-corrected chi connectivity index (χ2v) is 12.3. The maximum atomic E-state index is 9.81. The molecule has 3 rings (SSSR count). The highest BCUT2D eigenvalue weighted by molar-refractivity contribution is 6.80. The second-order valence-electron chi connectivity index (χ2n) is 9.93. The van der Waals surface area contributed by atoms with Gasteiger partial charge in [-0.15, -0.1) is 0 Å². The quantitative estimate of drug-likeness (QED) is 0.640. The average Bonchev–Trinajstić information content (AvgIpc) is 2.72. The van der Waals surface area contributed by atoms with Gasteiger partial charge < -0.3 is 9.53 Å². The molecule has 2 aromatic carbocycles. The third kappa shape index (κ3) is 6.03. The standard InChI is InChI=1S/C26H38O2Si/c1-25(2,3)24(21-26(19-20-27)17-11-6-12-18-26)28-29(22-13-7-4-8-14-22)23-15-9-5-10-16-23/h4-5,7-10,13-16,24,27,29H,6,11-12,17-21H2,1-3H3. The van der Waals surface area contributed by atoms with Gasteiger partial charge in [-0.1, -0.05) is 101 Å². The summed E-state index contributed by atoms with van der Waals surface area (Å²) < 4.78 is 7.12. The summed E-state index contributed by atoms with van der Waals surface area (Å²) in [6.45, 7) is 7.23. The molecule has 0 heterocycles. The Hall–Kier alpha value is -1.42. The predicted octanol–water partition coefficient (Wildman–Crippen LogP) is 4.68. The number of benzene rings is 2. The van der Waals surface area contributed by atoms with E-state index in [0.29, 0.717) is 0 Å². The van der Waals surface area contributed by atoms with Gasteiger partial charge in [-0.05, 0) is 46.9 Å². The van der Waals surface area contributed by atoms with E-state index in [1.54, 1.807) is 0 Å². The molecule has 2 aromatic rings. The van der Waals surface area contributed by atoms with Crippen LogP contribution >= 0.6 is 0 Å². The lowest BCUT2D eigenvalue weighted by atomic mass is 9.66. The molecule has 0 aliphatic heterocycles.